The van der Waals surface area contributed by atoms with E-state index in [1.165, 1.54) is 0 Å². The number of hydrogen-bond donors (Lipinski definition) is 1. The average molecular weight is 514 g/mol. The molecule has 3 saturated heterocycles. The Morgan fingerprint density at radius 1 is 0.946 bits per heavy atom. The summed E-state index contributed by atoms with van der Waals surface area (Å²) in [5, 5.41) is 1.85. The van der Waals surface area contributed by atoms with Crippen molar-refractivity contribution in [3.05, 3.63) is 82.9 Å². The lowest BCUT2D eigenvalue weighted by Crippen LogP contribution is -2.33. The Morgan fingerprint density at radius 2 is 1.62 bits per heavy atom. The Balaban J connectivity index is 1.23. The van der Waals surface area contributed by atoms with E-state index in [4.69, 9.17) is 4.74 Å². The van der Waals surface area contributed by atoms with Gasteiger partial charge in [0.25, 0.3) is 17.1 Å². The number of nitrogens with one attached hydrogen (secondary N) is 1. The van der Waals surface area contributed by atoms with Crippen molar-refractivity contribution in [1.82, 2.24) is 20.2 Å². The number of rotatable bonds is 5. The van der Waals surface area contributed by atoms with Crippen LogP contribution in [0.3, 0.4) is 0 Å². The summed E-state index contributed by atoms with van der Waals surface area (Å²) in [7, 11) is 0. The molecule has 2 unspecified atom stereocenters. The van der Waals surface area contributed by atoms with Gasteiger partial charge in [0.05, 0.1) is 10.6 Å². The average Bonchev–Trinajstić information content (AvgIpc) is 3.57. The normalized spacial score (nSPS) is 21.9. The van der Waals surface area contributed by atoms with Crippen molar-refractivity contribution in [1.29, 1.82) is 0 Å². The topological polar surface area (TPSA) is 105 Å². The van der Waals surface area contributed by atoms with Crippen LogP contribution in [0.2, 0.25) is 0 Å². The van der Waals surface area contributed by atoms with Gasteiger partial charge in [-0.05, 0) is 42.1 Å². The zero-order chi connectivity index (χ0) is 25.4. The Kier molecular flexibility index (Phi) is 6.09. The lowest BCUT2D eigenvalue weighted by atomic mass is 10.0. The molecule has 1 N–H and O–H groups in total. The molecule has 3 aliphatic heterocycles. The van der Waals surface area contributed by atoms with Crippen molar-refractivity contribution in [2.45, 2.75) is 0 Å². The van der Waals surface area contributed by atoms with Gasteiger partial charge in [0.15, 0.2) is 0 Å². The minimum Gasteiger partial charge on any atom is -0.439 e. The van der Waals surface area contributed by atoms with Gasteiger partial charge in [0.1, 0.15) is 5.75 Å². The highest BCUT2D eigenvalue weighted by Gasteiger charge is 2.42. The smallest absolute Gasteiger partial charge is 0.290 e. The van der Waals surface area contributed by atoms with Gasteiger partial charge in [-0.3, -0.25) is 19.7 Å². The molecular weight excluding hydrogens is 490 g/mol. The number of carbonyl (C=O) groups excluding carboxylic acids is 3. The van der Waals surface area contributed by atoms with Gasteiger partial charge in [-0.2, -0.15) is 4.98 Å². The SMILES string of the molecule is O=C1NC(=O)C(=Cc2cc(Oc3ccccc3)nc(N3CC4CN(C(=O)c5ccccc5)CC4C3)n2)S1. The summed E-state index contributed by atoms with van der Waals surface area (Å²) < 4.78 is 5.99. The largest absolute Gasteiger partial charge is 0.439 e. The third-order valence-electron chi connectivity index (χ3n) is 6.67. The molecule has 0 radical (unpaired) electrons. The third kappa shape index (κ3) is 4.92. The van der Waals surface area contributed by atoms with Crippen LogP contribution in [-0.2, 0) is 4.79 Å². The molecule has 3 aliphatic rings. The molecule has 10 heteroatoms. The van der Waals surface area contributed by atoms with Gasteiger partial charge in [-0.15, -0.1) is 0 Å². The van der Waals surface area contributed by atoms with Gasteiger partial charge in [-0.1, -0.05) is 36.4 Å². The number of ether oxygens (including phenoxy) is 1. The summed E-state index contributed by atoms with van der Waals surface area (Å²) >= 11 is 0.840. The van der Waals surface area contributed by atoms with Crippen LogP contribution in [0.1, 0.15) is 16.1 Å². The van der Waals surface area contributed by atoms with E-state index in [9.17, 15) is 14.4 Å². The molecule has 0 saturated carbocycles. The molecule has 3 fully saturated rings. The summed E-state index contributed by atoms with van der Waals surface area (Å²) in [6.07, 6.45) is 1.57. The number of likely N-dealkylation sites (tertiary alicyclic amines) is 1. The van der Waals surface area contributed by atoms with Crippen LogP contribution in [0.4, 0.5) is 10.7 Å². The molecule has 3 amide bonds. The molecular formula is C27H23N5O4S. The number of carbonyl (C=O) groups is 3. The van der Waals surface area contributed by atoms with Crippen molar-refractivity contribution in [3.63, 3.8) is 0 Å². The first kappa shape index (κ1) is 23.2. The fourth-order valence-electron chi connectivity index (χ4n) is 4.95. The van der Waals surface area contributed by atoms with Gasteiger partial charge < -0.3 is 14.5 Å². The molecule has 186 valence electrons. The highest BCUT2D eigenvalue weighted by molar-refractivity contribution is 8.18. The first-order chi connectivity index (χ1) is 18.0. The van der Waals surface area contributed by atoms with E-state index in [-0.39, 0.29) is 10.8 Å². The minimum atomic E-state index is -0.445. The molecule has 2 atom stereocenters. The molecule has 9 nitrogen and oxygen atoms in total. The van der Waals surface area contributed by atoms with Crippen molar-refractivity contribution < 1.29 is 19.1 Å². The van der Waals surface area contributed by atoms with Crippen molar-refractivity contribution in [2.24, 2.45) is 11.8 Å². The number of benzene rings is 2. The second-order valence-electron chi connectivity index (χ2n) is 9.20. The molecule has 3 aromatic rings. The number of thioether (sulfide) groups is 1. The third-order valence-corrected chi connectivity index (χ3v) is 7.48. The van der Waals surface area contributed by atoms with Gasteiger partial charge >= 0.3 is 0 Å². The van der Waals surface area contributed by atoms with E-state index in [0.717, 1.165) is 11.8 Å². The zero-order valence-corrected chi connectivity index (χ0v) is 20.6. The number of amides is 3. The maximum atomic E-state index is 12.9. The van der Waals surface area contributed by atoms with Crippen LogP contribution >= 0.6 is 11.8 Å². The molecule has 2 aromatic carbocycles. The quantitative estimate of drug-likeness (QED) is 0.514. The van der Waals surface area contributed by atoms with Crippen molar-refractivity contribution >= 4 is 40.8 Å². The predicted octanol–water partition coefficient (Wildman–Crippen LogP) is 3.80. The van der Waals surface area contributed by atoms with Crippen LogP contribution in [0, 0.1) is 11.8 Å². The van der Waals surface area contributed by atoms with E-state index in [2.05, 4.69) is 20.2 Å². The molecule has 37 heavy (non-hydrogen) atoms. The summed E-state index contributed by atoms with van der Waals surface area (Å²) in [6.45, 7) is 2.79. The minimum absolute atomic E-state index is 0.0619. The van der Waals surface area contributed by atoms with Crippen LogP contribution < -0.4 is 15.0 Å². The Morgan fingerprint density at radius 3 is 2.27 bits per heavy atom. The highest BCUT2D eigenvalue weighted by atomic mass is 32.2. The molecule has 4 heterocycles. The molecule has 6 rings (SSSR count). The lowest BCUT2D eigenvalue weighted by molar-refractivity contribution is -0.115. The predicted molar refractivity (Wildman–Crippen MR) is 139 cm³/mol. The van der Waals surface area contributed by atoms with Crippen molar-refractivity contribution in [3.8, 4) is 11.6 Å². The maximum Gasteiger partial charge on any atom is 0.290 e. The lowest BCUT2D eigenvalue weighted by Gasteiger charge is -2.22. The Hall–Kier alpha value is -4.18. The fraction of sp³-hybridized carbons (Fsp3) is 0.222. The standard InChI is InChI=1S/C27H23N5O4S/c33-24-22(37-27(35)30-24)11-20-12-23(36-21-9-5-2-6-10-21)29-26(28-20)32-15-18-13-31(14-19(18)16-32)25(34)17-7-3-1-4-8-17/h1-12,18-19H,13-16H2,(H,30,33,35). The van der Waals surface area contributed by atoms with E-state index in [1.54, 1.807) is 12.1 Å². The number of fused-ring (bicyclic) bond motifs is 1. The Labute approximate surface area is 217 Å². The zero-order valence-electron chi connectivity index (χ0n) is 19.7. The summed E-state index contributed by atoms with van der Waals surface area (Å²) in [4.78, 5) is 50.3. The number of anilines is 1. The number of hydrogen-bond acceptors (Lipinski definition) is 8. The molecule has 0 bridgehead atoms. The molecule has 0 aliphatic carbocycles. The Bertz CT molecular complexity index is 1380. The fourth-order valence-corrected chi connectivity index (χ4v) is 5.61. The molecule has 0 spiro atoms. The monoisotopic (exact) mass is 513 g/mol. The number of aromatic nitrogens is 2. The molecule has 1 aromatic heterocycles. The number of para-hydroxylation sites is 1. The van der Waals surface area contributed by atoms with E-state index >= 15 is 0 Å². The van der Waals surface area contributed by atoms with Gasteiger partial charge in [0.2, 0.25) is 11.8 Å². The van der Waals surface area contributed by atoms with Gasteiger partial charge in [-0.25, -0.2) is 4.98 Å². The van der Waals surface area contributed by atoms with Gasteiger partial charge in [0, 0.05) is 49.6 Å². The first-order valence-corrected chi connectivity index (χ1v) is 12.8. The second kappa shape index (κ2) is 9.70. The van der Waals surface area contributed by atoms with Crippen LogP contribution in [0.5, 0.6) is 11.6 Å². The number of nitrogens with zero attached hydrogens (tertiary/aromatic N) is 4. The van der Waals surface area contributed by atoms with Crippen LogP contribution in [0.25, 0.3) is 6.08 Å². The second-order valence-corrected chi connectivity index (χ2v) is 10.2. The first-order valence-electron chi connectivity index (χ1n) is 12.0. The summed E-state index contributed by atoms with van der Waals surface area (Å²) in [5.41, 5.74) is 1.18. The number of imide groups is 1. The van der Waals surface area contributed by atoms with E-state index in [0.29, 0.717) is 66.9 Å². The van der Waals surface area contributed by atoms with Crippen LogP contribution in [0.15, 0.2) is 71.6 Å². The summed E-state index contributed by atoms with van der Waals surface area (Å²) in [5.74, 6) is 1.70. The summed E-state index contributed by atoms with van der Waals surface area (Å²) in [6, 6.07) is 20.3. The van der Waals surface area contributed by atoms with E-state index in [1.807, 2.05) is 65.6 Å². The van der Waals surface area contributed by atoms with Crippen molar-refractivity contribution in [2.75, 3.05) is 31.1 Å². The highest BCUT2D eigenvalue weighted by Crippen LogP contribution is 2.35. The maximum absolute atomic E-state index is 12.9. The van der Waals surface area contributed by atoms with Crippen LogP contribution in [-0.4, -0.2) is 58.1 Å². The van der Waals surface area contributed by atoms with E-state index < -0.39 is 11.1 Å².